The Morgan fingerprint density at radius 2 is 2.04 bits per heavy atom. The molecule has 0 saturated carbocycles. The number of carbonyl (C=O) groups excluding carboxylic acids is 2. The van der Waals surface area contributed by atoms with E-state index in [-0.39, 0.29) is 24.0 Å². The van der Waals surface area contributed by atoms with E-state index in [1.807, 2.05) is 43.3 Å². The Labute approximate surface area is 156 Å². The fourth-order valence-corrected chi connectivity index (χ4v) is 3.07. The molecule has 140 valence electrons. The minimum Gasteiger partial charge on any atom is -0.447 e. The molecule has 0 bridgehead atoms. The highest BCUT2D eigenvalue weighted by molar-refractivity contribution is 5.93. The Morgan fingerprint density at radius 1 is 1.35 bits per heavy atom. The number of imide groups is 1. The van der Waals surface area contributed by atoms with E-state index in [0.29, 0.717) is 12.8 Å². The van der Waals surface area contributed by atoms with Crippen molar-refractivity contribution in [1.29, 1.82) is 0 Å². The Morgan fingerprint density at radius 3 is 2.69 bits per heavy atom. The van der Waals surface area contributed by atoms with Gasteiger partial charge in [-0.2, -0.15) is 0 Å². The third-order valence-electron chi connectivity index (χ3n) is 4.57. The van der Waals surface area contributed by atoms with Crippen LogP contribution in [0.1, 0.15) is 45.6 Å². The molecule has 1 heterocycles. The van der Waals surface area contributed by atoms with Crippen molar-refractivity contribution in [2.24, 2.45) is 5.41 Å². The van der Waals surface area contributed by atoms with Crippen LogP contribution < -0.4 is 0 Å². The van der Waals surface area contributed by atoms with E-state index in [9.17, 15) is 9.59 Å². The molecular formula is C22H29NO3. The van der Waals surface area contributed by atoms with Crippen molar-refractivity contribution in [3.05, 3.63) is 60.2 Å². The summed E-state index contributed by atoms with van der Waals surface area (Å²) in [6, 6.07) is 9.66. The summed E-state index contributed by atoms with van der Waals surface area (Å²) in [7, 11) is 0. The van der Waals surface area contributed by atoms with Gasteiger partial charge >= 0.3 is 6.09 Å². The second-order valence-corrected chi connectivity index (χ2v) is 7.71. The van der Waals surface area contributed by atoms with Crippen molar-refractivity contribution in [3.8, 4) is 0 Å². The van der Waals surface area contributed by atoms with Crippen LogP contribution in [0.15, 0.2) is 54.6 Å². The van der Waals surface area contributed by atoms with E-state index in [4.69, 9.17) is 4.74 Å². The first kappa shape index (κ1) is 20.0. The molecule has 1 aromatic rings. The van der Waals surface area contributed by atoms with E-state index in [1.54, 1.807) is 0 Å². The highest BCUT2D eigenvalue weighted by Gasteiger charge is 2.37. The predicted molar refractivity (Wildman–Crippen MR) is 104 cm³/mol. The highest BCUT2D eigenvalue weighted by atomic mass is 16.6. The second-order valence-electron chi connectivity index (χ2n) is 7.71. The fourth-order valence-electron chi connectivity index (χ4n) is 3.07. The van der Waals surface area contributed by atoms with Gasteiger partial charge in [0, 0.05) is 6.42 Å². The first-order valence-corrected chi connectivity index (χ1v) is 9.16. The van der Waals surface area contributed by atoms with Gasteiger partial charge in [0.1, 0.15) is 6.61 Å². The summed E-state index contributed by atoms with van der Waals surface area (Å²) < 4.78 is 5.13. The van der Waals surface area contributed by atoms with Gasteiger partial charge in [-0.1, -0.05) is 68.5 Å². The summed E-state index contributed by atoms with van der Waals surface area (Å²) >= 11 is 0. The maximum atomic E-state index is 12.6. The Kier molecular flexibility index (Phi) is 6.78. The molecule has 0 aliphatic carbocycles. The van der Waals surface area contributed by atoms with E-state index < -0.39 is 6.09 Å². The molecule has 1 fully saturated rings. The van der Waals surface area contributed by atoms with Gasteiger partial charge in [-0.25, -0.2) is 9.69 Å². The van der Waals surface area contributed by atoms with Crippen LogP contribution in [-0.2, 0) is 16.0 Å². The van der Waals surface area contributed by atoms with Crippen molar-refractivity contribution in [2.75, 3.05) is 6.61 Å². The van der Waals surface area contributed by atoms with Crippen LogP contribution in [0, 0.1) is 5.41 Å². The van der Waals surface area contributed by atoms with Crippen LogP contribution >= 0.6 is 0 Å². The number of carbonyl (C=O) groups is 2. The maximum absolute atomic E-state index is 12.6. The average Bonchev–Trinajstić information content (AvgIpc) is 2.94. The molecule has 0 N–H and O–H groups in total. The number of cyclic esters (lactones) is 1. The fraction of sp³-hybridized carbons (Fsp3) is 0.455. The standard InChI is InChI=1S/C22H29NO3/c1-17(2)12-14-22(3,4)13-8-11-20(24)23-19(16-26-21(23)25)15-18-9-6-5-7-10-18/h5-7,9-10,12,14,19H,1,8,11,13,15-16H2,2-4H3/b14-12+/t19-/m0/s1. The van der Waals surface area contributed by atoms with Crippen LogP contribution in [0.25, 0.3) is 0 Å². The molecule has 0 unspecified atom stereocenters. The van der Waals surface area contributed by atoms with E-state index >= 15 is 0 Å². The number of nitrogens with zero attached hydrogens (tertiary/aromatic N) is 1. The maximum Gasteiger partial charge on any atom is 0.416 e. The summed E-state index contributed by atoms with van der Waals surface area (Å²) in [6.07, 6.45) is 6.20. The molecule has 4 heteroatoms. The lowest BCUT2D eigenvalue weighted by Gasteiger charge is -2.22. The largest absolute Gasteiger partial charge is 0.447 e. The number of hydrogen-bond donors (Lipinski definition) is 0. The van der Waals surface area contributed by atoms with Crippen molar-refractivity contribution in [1.82, 2.24) is 4.90 Å². The van der Waals surface area contributed by atoms with Gasteiger partial charge in [-0.05, 0) is 37.2 Å². The third kappa shape index (κ3) is 5.87. The molecule has 1 aromatic carbocycles. The quantitative estimate of drug-likeness (QED) is 0.623. The van der Waals surface area contributed by atoms with E-state index in [0.717, 1.165) is 24.0 Å². The summed E-state index contributed by atoms with van der Waals surface area (Å²) in [4.78, 5) is 25.9. The SMILES string of the molecule is C=C(C)/C=C/C(C)(C)CCCC(=O)N1C(=O)OC[C@@H]1Cc1ccccc1. The van der Waals surface area contributed by atoms with Gasteiger partial charge < -0.3 is 4.74 Å². The van der Waals surface area contributed by atoms with Gasteiger partial charge in [0.15, 0.2) is 0 Å². The first-order valence-electron chi connectivity index (χ1n) is 9.16. The normalized spacial score (nSPS) is 17.6. The van der Waals surface area contributed by atoms with Crippen LogP contribution in [0.4, 0.5) is 4.79 Å². The molecule has 2 rings (SSSR count). The molecular weight excluding hydrogens is 326 g/mol. The summed E-state index contributed by atoms with van der Waals surface area (Å²) in [5, 5.41) is 0. The lowest BCUT2D eigenvalue weighted by Crippen LogP contribution is -2.40. The number of amides is 2. The molecule has 0 radical (unpaired) electrons. The summed E-state index contributed by atoms with van der Waals surface area (Å²) in [6.45, 7) is 10.4. The molecule has 2 amide bonds. The number of allylic oxidation sites excluding steroid dienone is 3. The molecule has 1 aliphatic rings. The molecule has 1 saturated heterocycles. The summed E-state index contributed by atoms with van der Waals surface area (Å²) in [5.41, 5.74) is 2.10. The molecule has 0 spiro atoms. The molecule has 4 nitrogen and oxygen atoms in total. The van der Waals surface area contributed by atoms with Crippen molar-refractivity contribution >= 4 is 12.0 Å². The van der Waals surface area contributed by atoms with Gasteiger partial charge in [0.2, 0.25) is 5.91 Å². The van der Waals surface area contributed by atoms with Crippen LogP contribution in [0.5, 0.6) is 0 Å². The van der Waals surface area contributed by atoms with Crippen molar-refractivity contribution < 1.29 is 14.3 Å². The lowest BCUT2D eigenvalue weighted by atomic mass is 9.86. The van der Waals surface area contributed by atoms with E-state index in [2.05, 4.69) is 26.5 Å². The topological polar surface area (TPSA) is 46.6 Å². The summed E-state index contributed by atoms with van der Waals surface area (Å²) in [5.74, 6) is -0.145. The number of benzene rings is 1. The zero-order valence-electron chi connectivity index (χ0n) is 16.0. The van der Waals surface area contributed by atoms with E-state index in [1.165, 1.54) is 4.90 Å². The number of ether oxygens (including phenoxy) is 1. The second kappa shape index (κ2) is 8.84. The van der Waals surface area contributed by atoms with Crippen LogP contribution in [0.2, 0.25) is 0 Å². The van der Waals surface area contributed by atoms with Gasteiger partial charge in [-0.15, -0.1) is 0 Å². The molecule has 1 atom stereocenters. The predicted octanol–water partition coefficient (Wildman–Crippen LogP) is 4.91. The highest BCUT2D eigenvalue weighted by Crippen LogP contribution is 2.26. The Bertz CT molecular complexity index is 676. The Hall–Kier alpha value is -2.36. The number of hydrogen-bond acceptors (Lipinski definition) is 3. The van der Waals surface area contributed by atoms with Gasteiger partial charge in [0.05, 0.1) is 6.04 Å². The minimum absolute atomic E-state index is 0.00577. The Balaban J connectivity index is 1.90. The molecule has 26 heavy (non-hydrogen) atoms. The zero-order chi connectivity index (χ0) is 19.2. The number of rotatable bonds is 8. The van der Waals surface area contributed by atoms with Gasteiger partial charge in [-0.3, -0.25) is 4.79 Å². The molecule has 0 aromatic heterocycles. The third-order valence-corrected chi connectivity index (χ3v) is 4.57. The first-order chi connectivity index (χ1) is 12.3. The monoisotopic (exact) mass is 355 g/mol. The van der Waals surface area contributed by atoms with Gasteiger partial charge in [0.25, 0.3) is 0 Å². The minimum atomic E-state index is -0.516. The molecule has 1 aliphatic heterocycles. The average molecular weight is 355 g/mol. The van der Waals surface area contributed by atoms with Crippen molar-refractivity contribution in [3.63, 3.8) is 0 Å². The lowest BCUT2D eigenvalue weighted by molar-refractivity contribution is -0.129. The van der Waals surface area contributed by atoms with Crippen LogP contribution in [0.3, 0.4) is 0 Å². The van der Waals surface area contributed by atoms with Crippen LogP contribution in [-0.4, -0.2) is 29.5 Å². The smallest absolute Gasteiger partial charge is 0.416 e. The zero-order valence-corrected chi connectivity index (χ0v) is 16.0. The van der Waals surface area contributed by atoms with Crippen molar-refractivity contribution in [2.45, 2.75) is 52.5 Å².